The number of aryl methyl sites for hydroxylation is 2. The van der Waals surface area contributed by atoms with Crippen molar-refractivity contribution in [3.05, 3.63) is 35.7 Å². The Kier molecular flexibility index (Phi) is 4.80. The highest BCUT2D eigenvalue weighted by Crippen LogP contribution is 2.31. The average Bonchev–Trinajstić information content (AvgIpc) is 3.01. The number of benzene rings is 1. The quantitative estimate of drug-likeness (QED) is 0.760. The van der Waals surface area contributed by atoms with Gasteiger partial charge in [-0.05, 0) is 26.5 Å². The number of imidazole rings is 1. The van der Waals surface area contributed by atoms with E-state index < -0.39 is 0 Å². The van der Waals surface area contributed by atoms with Gasteiger partial charge in [-0.3, -0.25) is 0 Å². The second kappa shape index (κ2) is 7.25. The lowest BCUT2D eigenvalue weighted by molar-refractivity contribution is 0.278. The standard InChI is InChI=1S/C20H26N6O/c1-14-6-4-5-7-16(14)18-23-17-19(25-10-8-24(3)9-11-25)21-15(2)22-20(17)26(18)12-13-27/h4-7,27H,8-13H2,1-3H3. The fourth-order valence-corrected chi connectivity index (χ4v) is 3.67. The van der Waals surface area contributed by atoms with Gasteiger partial charge in [-0.1, -0.05) is 24.3 Å². The van der Waals surface area contributed by atoms with Gasteiger partial charge in [0.25, 0.3) is 0 Å². The van der Waals surface area contributed by atoms with Gasteiger partial charge in [0.15, 0.2) is 17.0 Å². The number of hydrogen-bond acceptors (Lipinski definition) is 6. The van der Waals surface area contributed by atoms with Crippen molar-refractivity contribution in [3.63, 3.8) is 0 Å². The molecule has 1 saturated heterocycles. The molecule has 4 rings (SSSR count). The molecule has 0 atom stereocenters. The third-order valence-electron chi connectivity index (χ3n) is 5.20. The number of fused-ring (bicyclic) bond motifs is 1. The third-order valence-corrected chi connectivity index (χ3v) is 5.20. The largest absolute Gasteiger partial charge is 0.395 e. The van der Waals surface area contributed by atoms with E-state index in [1.165, 1.54) is 0 Å². The van der Waals surface area contributed by atoms with Crippen LogP contribution >= 0.6 is 0 Å². The fraction of sp³-hybridized carbons (Fsp3) is 0.450. The van der Waals surface area contributed by atoms with Crippen LogP contribution in [-0.2, 0) is 6.54 Å². The van der Waals surface area contributed by atoms with E-state index in [-0.39, 0.29) is 6.61 Å². The molecule has 1 aliphatic heterocycles. The molecule has 7 heteroatoms. The van der Waals surface area contributed by atoms with Crippen molar-refractivity contribution in [3.8, 4) is 11.4 Å². The van der Waals surface area contributed by atoms with Crippen LogP contribution in [0.2, 0.25) is 0 Å². The SMILES string of the molecule is Cc1nc(N2CCN(C)CC2)c2nc(-c3ccccc3C)n(CCO)c2n1. The first-order valence-electron chi connectivity index (χ1n) is 9.43. The van der Waals surface area contributed by atoms with Gasteiger partial charge in [0.2, 0.25) is 0 Å². The Bertz CT molecular complexity index is 959. The van der Waals surface area contributed by atoms with Gasteiger partial charge in [0, 0.05) is 38.3 Å². The van der Waals surface area contributed by atoms with Gasteiger partial charge in [-0.25, -0.2) is 15.0 Å². The molecule has 142 valence electrons. The number of rotatable bonds is 4. The van der Waals surface area contributed by atoms with E-state index in [0.717, 1.165) is 65.9 Å². The van der Waals surface area contributed by atoms with Crippen LogP contribution in [0.1, 0.15) is 11.4 Å². The molecular weight excluding hydrogens is 340 g/mol. The van der Waals surface area contributed by atoms with Crippen LogP contribution in [-0.4, -0.2) is 69.4 Å². The Morgan fingerprint density at radius 3 is 2.44 bits per heavy atom. The first-order chi connectivity index (χ1) is 13.1. The van der Waals surface area contributed by atoms with Crippen LogP contribution in [0.5, 0.6) is 0 Å². The van der Waals surface area contributed by atoms with Crippen molar-refractivity contribution in [1.29, 1.82) is 0 Å². The molecule has 0 radical (unpaired) electrons. The Hall–Kier alpha value is -2.51. The minimum Gasteiger partial charge on any atom is -0.395 e. The summed E-state index contributed by atoms with van der Waals surface area (Å²) < 4.78 is 2.02. The molecule has 3 aromatic rings. The lowest BCUT2D eigenvalue weighted by atomic mass is 10.1. The predicted molar refractivity (Wildman–Crippen MR) is 107 cm³/mol. The summed E-state index contributed by atoms with van der Waals surface area (Å²) in [5.74, 6) is 2.47. The summed E-state index contributed by atoms with van der Waals surface area (Å²) in [6.45, 7) is 8.36. The number of aromatic nitrogens is 4. The minimum atomic E-state index is 0.0389. The zero-order valence-electron chi connectivity index (χ0n) is 16.2. The zero-order valence-corrected chi connectivity index (χ0v) is 16.2. The number of likely N-dealkylation sites (N-methyl/N-ethyl adjacent to an activating group) is 1. The predicted octanol–water partition coefficient (Wildman–Crippen LogP) is 1.85. The van der Waals surface area contributed by atoms with E-state index in [0.29, 0.717) is 6.54 Å². The molecule has 0 unspecified atom stereocenters. The van der Waals surface area contributed by atoms with E-state index in [9.17, 15) is 5.11 Å². The average molecular weight is 366 g/mol. The minimum absolute atomic E-state index is 0.0389. The van der Waals surface area contributed by atoms with Gasteiger partial charge >= 0.3 is 0 Å². The first-order valence-corrected chi connectivity index (χ1v) is 9.43. The molecule has 1 N–H and O–H groups in total. The molecule has 1 fully saturated rings. The topological polar surface area (TPSA) is 70.3 Å². The summed E-state index contributed by atoms with van der Waals surface area (Å²) in [6.07, 6.45) is 0. The van der Waals surface area contributed by atoms with E-state index in [4.69, 9.17) is 9.97 Å². The van der Waals surface area contributed by atoms with Crippen LogP contribution in [0, 0.1) is 13.8 Å². The maximum atomic E-state index is 9.65. The van der Waals surface area contributed by atoms with Crippen molar-refractivity contribution in [1.82, 2.24) is 24.4 Å². The van der Waals surface area contributed by atoms with Crippen molar-refractivity contribution in [2.45, 2.75) is 20.4 Å². The molecule has 3 heterocycles. The number of piperazine rings is 1. The number of anilines is 1. The Morgan fingerprint density at radius 2 is 1.74 bits per heavy atom. The van der Waals surface area contributed by atoms with E-state index in [1.54, 1.807) is 0 Å². The number of hydrogen-bond donors (Lipinski definition) is 1. The Labute approximate surface area is 159 Å². The van der Waals surface area contributed by atoms with Crippen LogP contribution in [0.4, 0.5) is 5.82 Å². The van der Waals surface area contributed by atoms with Crippen LogP contribution in [0.3, 0.4) is 0 Å². The second-order valence-corrected chi connectivity index (χ2v) is 7.18. The second-order valence-electron chi connectivity index (χ2n) is 7.18. The van der Waals surface area contributed by atoms with Crippen LogP contribution in [0.15, 0.2) is 24.3 Å². The van der Waals surface area contributed by atoms with Crippen molar-refractivity contribution >= 4 is 17.0 Å². The lowest BCUT2D eigenvalue weighted by Gasteiger charge is -2.33. The van der Waals surface area contributed by atoms with Gasteiger partial charge in [0.05, 0.1) is 6.61 Å². The molecule has 2 aromatic heterocycles. The molecular formula is C20H26N6O. The number of aliphatic hydroxyl groups excluding tert-OH is 1. The highest BCUT2D eigenvalue weighted by molar-refractivity contribution is 5.87. The molecule has 0 bridgehead atoms. The highest BCUT2D eigenvalue weighted by atomic mass is 16.3. The zero-order chi connectivity index (χ0) is 19.0. The van der Waals surface area contributed by atoms with Gasteiger partial charge in [-0.2, -0.15) is 0 Å². The summed E-state index contributed by atoms with van der Waals surface area (Å²) in [5.41, 5.74) is 3.82. The third kappa shape index (κ3) is 3.28. The van der Waals surface area contributed by atoms with E-state index in [2.05, 4.69) is 40.9 Å². The van der Waals surface area contributed by atoms with E-state index >= 15 is 0 Å². The molecule has 1 aromatic carbocycles. The number of aliphatic hydroxyl groups is 1. The van der Waals surface area contributed by atoms with Crippen molar-refractivity contribution < 1.29 is 5.11 Å². The molecule has 7 nitrogen and oxygen atoms in total. The van der Waals surface area contributed by atoms with Crippen LogP contribution in [0.25, 0.3) is 22.6 Å². The monoisotopic (exact) mass is 366 g/mol. The normalized spacial score (nSPS) is 15.6. The van der Waals surface area contributed by atoms with Gasteiger partial charge in [-0.15, -0.1) is 0 Å². The molecule has 0 aliphatic carbocycles. The first kappa shape index (κ1) is 17.9. The molecule has 1 aliphatic rings. The highest BCUT2D eigenvalue weighted by Gasteiger charge is 2.23. The smallest absolute Gasteiger partial charge is 0.166 e. The maximum Gasteiger partial charge on any atom is 0.166 e. The summed E-state index contributed by atoms with van der Waals surface area (Å²) in [7, 11) is 2.14. The van der Waals surface area contributed by atoms with Crippen molar-refractivity contribution in [2.75, 3.05) is 44.7 Å². The Morgan fingerprint density at radius 1 is 1.00 bits per heavy atom. The lowest BCUT2D eigenvalue weighted by Crippen LogP contribution is -2.45. The maximum absolute atomic E-state index is 9.65. The summed E-state index contributed by atoms with van der Waals surface area (Å²) in [6, 6.07) is 8.19. The Balaban J connectivity index is 1.91. The summed E-state index contributed by atoms with van der Waals surface area (Å²) in [4.78, 5) is 19.0. The van der Waals surface area contributed by atoms with Crippen LogP contribution < -0.4 is 4.90 Å². The molecule has 0 amide bonds. The molecule has 0 spiro atoms. The van der Waals surface area contributed by atoms with Gasteiger partial charge in [0.1, 0.15) is 11.6 Å². The fourth-order valence-electron chi connectivity index (χ4n) is 3.67. The number of nitrogens with zero attached hydrogens (tertiary/aromatic N) is 6. The van der Waals surface area contributed by atoms with Gasteiger partial charge < -0.3 is 19.5 Å². The molecule has 0 saturated carbocycles. The van der Waals surface area contributed by atoms with Crippen molar-refractivity contribution in [2.24, 2.45) is 0 Å². The molecule has 27 heavy (non-hydrogen) atoms. The summed E-state index contributed by atoms with van der Waals surface area (Å²) >= 11 is 0. The summed E-state index contributed by atoms with van der Waals surface area (Å²) in [5, 5.41) is 9.65. The van der Waals surface area contributed by atoms with E-state index in [1.807, 2.05) is 23.6 Å².